The quantitative estimate of drug-likeness (QED) is 0.935. The van der Waals surface area contributed by atoms with Crippen LogP contribution in [0.2, 0.25) is 0 Å². The summed E-state index contributed by atoms with van der Waals surface area (Å²) in [5, 5.41) is 6.27. The fourth-order valence-corrected chi connectivity index (χ4v) is 5.18. The molecule has 22 heavy (non-hydrogen) atoms. The first-order valence-corrected chi connectivity index (χ1v) is 9.78. The van der Waals surface area contributed by atoms with Gasteiger partial charge in [-0.25, -0.2) is 13.1 Å². The molecule has 0 saturated carbocycles. The average molecular weight is 339 g/mol. The van der Waals surface area contributed by atoms with E-state index in [9.17, 15) is 8.42 Å². The number of sulfonamides is 1. The Morgan fingerprint density at radius 1 is 1.41 bits per heavy atom. The number of fused-ring (bicyclic) bond motifs is 1. The van der Waals surface area contributed by atoms with Crippen molar-refractivity contribution in [2.75, 3.05) is 0 Å². The maximum absolute atomic E-state index is 12.4. The van der Waals surface area contributed by atoms with Crippen molar-refractivity contribution in [1.82, 2.24) is 14.5 Å². The summed E-state index contributed by atoms with van der Waals surface area (Å²) in [4.78, 5) is 0. The Balaban J connectivity index is 1.92. The number of hydrogen-bond donors (Lipinski definition) is 1. The molecule has 0 radical (unpaired) electrons. The molecule has 1 aliphatic carbocycles. The van der Waals surface area contributed by atoms with Gasteiger partial charge < -0.3 is 0 Å². The van der Waals surface area contributed by atoms with Gasteiger partial charge in [0.25, 0.3) is 10.0 Å². The van der Waals surface area contributed by atoms with Crippen molar-refractivity contribution in [3.05, 3.63) is 35.0 Å². The lowest BCUT2D eigenvalue weighted by Crippen LogP contribution is -2.32. The number of aromatic nitrogens is 2. The first-order chi connectivity index (χ1) is 10.3. The Morgan fingerprint density at radius 2 is 2.18 bits per heavy atom. The largest absolute Gasteiger partial charge is 0.264 e. The van der Waals surface area contributed by atoms with Gasteiger partial charge in [-0.3, -0.25) is 4.68 Å². The Bertz CT molecular complexity index is 755. The van der Waals surface area contributed by atoms with E-state index in [4.69, 9.17) is 0 Å². The minimum Gasteiger partial charge on any atom is -0.264 e. The SMILES string of the molecule is CC(C)(C)n1ncc2c1CCC[C@@H]2NS(=O)(=O)c1cccs1. The zero-order valence-electron chi connectivity index (χ0n) is 13.0. The van der Waals surface area contributed by atoms with E-state index in [1.807, 2.05) is 10.9 Å². The molecule has 1 aliphatic rings. The standard InChI is InChI=1S/C15H21N3O2S2/c1-15(2,3)18-13-7-4-6-12(11(13)10-16-18)17-22(19,20)14-8-5-9-21-14/h5,8-10,12,17H,4,6-7H2,1-3H3/t12-/m0/s1. The van der Waals surface area contributed by atoms with Crippen LogP contribution in [-0.2, 0) is 22.0 Å². The molecule has 0 saturated heterocycles. The van der Waals surface area contributed by atoms with E-state index in [0.717, 1.165) is 30.5 Å². The van der Waals surface area contributed by atoms with Crippen molar-refractivity contribution in [3.8, 4) is 0 Å². The number of nitrogens with one attached hydrogen (secondary N) is 1. The molecule has 0 fully saturated rings. The maximum Gasteiger partial charge on any atom is 0.250 e. The predicted molar refractivity (Wildman–Crippen MR) is 87.5 cm³/mol. The van der Waals surface area contributed by atoms with Gasteiger partial charge in [0.15, 0.2) is 0 Å². The summed E-state index contributed by atoms with van der Waals surface area (Å²) in [6, 6.07) is 3.20. The van der Waals surface area contributed by atoms with Crippen LogP contribution >= 0.6 is 11.3 Å². The van der Waals surface area contributed by atoms with E-state index in [0.29, 0.717) is 4.21 Å². The molecule has 0 unspecified atom stereocenters. The third-order valence-corrected chi connectivity index (χ3v) is 6.74. The second-order valence-corrected chi connectivity index (χ2v) is 9.52. The first-order valence-electron chi connectivity index (χ1n) is 7.42. The Kier molecular flexibility index (Phi) is 3.91. The van der Waals surface area contributed by atoms with Crippen LogP contribution in [0.1, 0.15) is 50.9 Å². The topological polar surface area (TPSA) is 64.0 Å². The third-order valence-electron chi connectivity index (χ3n) is 3.88. The fourth-order valence-electron chi connectivity index (χ4n) is 2.92. The van der Waals surface area contributed by atoms with Crippen LogP contribution in [0.25, 0.3) is 0 Å². The van der Waals surface area contributed by atoms with E-state index >= 15 is 0 Å². The lowest BCUT2D eigenvalue weighted by Gasteiger charge is -2.28. The smallest absolute Gasteiger partial charge is 0.250 e. The zero-order valence-corrected chi connectivity index (χ0v) is 14.7. The highest BCUT2D eigenvalue weighted by Crippen LogP contribution is 2.33. The molecule has 120 valence electrons. The van der Waals surface area contributed by atoms with Crippen LogP contribution in [-0.4, -0.2) is 18.2 Å². The lowest BCUT2D eigenvalue weighted by atomic mass is 9.93. The second-order valence-electron chi connectivity index (χ2n) is 6.63. The summed E-state index contributed by atoms with van der Waals surface area (Å²) in [7, 11) is -3.45. The van der Waals surface area contributed by atoms with Crippen molar-refractivity contribution in [2.45, 2.75) is 55.8 Å². The van der Waals surface area contributed by atoms with Gasteiger partial charge in [-0.2, -0.15) is 5.10 Å². The molecule has 0 aliphatic heterocycles. The van der Waals surface area contributed by atoms with Crippen LogP contribution in [0, 0.1) is 0 Å². The third kappa shape index (κ3) is 2.85. The molecule has 0 amide bonds. The average Bonchev–Trinajstić information content (AvgIpc) is 3.08. The highest BCUT2D eigenvalue weighted by Gasteiger charge is 2.31. The summed E-state index contributed by atoms with van der Waals surface area (Å²) >= 11 is 1.24. The molecule has 0 aromatic carbocycles. The van der Waals surface area contributed by atoms with Crippen molar-refractivity contribution in [1.29, 1.82) is 0 Å². The maximum atomic E-state index is 12.4. The summed E-state index contributed by atoms with van der Waals surface area (Å²) in [6.45, 7) is 6.33. The van der Waals surface area contributed by atoms with Gasteiger partial charge in [0.1, 0.15) is 4.21 Å². The molecule has 7 heteroatoms. The van der Waals surface area contributed by atoms with Crippen LogP contribution < -0.4 is 4.72 Å². The molecular formula is C15H21N3O2S2. The van der Waals surface area contributed by atoms with Gasteiger partial charge >= 0.3 is 0 Å². The monoisotopic (exact) mass is 339 g/mol. The highest BCUT2D eigenvalue weighted by atomic mass is 32.2. The van der Waals surface area contributed by atoms with Gasteiger partial charge in [0, 0.05) is 11.3 Å². The summed E-state index contributed by atoms with van der Waals surface area (Å²) < 4.78 is 30.1. The van der Waals surface area contributed by atoms with Gasteiger partial charge in [-0.15, -0.1) is 11.3 Å². The highest BCUT2D eigenvalue weighted by molar-refractivity contribution is 7.91. The van der Waals surface area contributed by atoms with Crippen molar-refractivity contribution >= 4 is 21.4 Å². The summed E-state index contributed by atoms with van der Waals surface area (Å²) in [5.74, 6) is 0. The summed E-state index contributed by atoms with van der Waals surface area (Å²) in [5.41, 5.74) is 2.07. The molecule has 3 rings (SSSR count). The minimum absolute atomic E-state index is 0.0951. The van der Waals surface area contributed by atoms with E-state index in [-0.39, 0.29) is 11.6 Å². The van der Waals surface area contributed by atoms with Crippen LogP contribution in [0.15, 0.2) is 27.9 Å². The molecule has 1 atom stereocenters. The van der Waals surface area contributed by atoms with Crippen molar-refractivity contribution < 1.29 is 8.42 Å². The number of rotatable bonds is 3. The molecule has 1 N–H and O–H groups in total. The molecule has 2 aromatic rings. The van der Waals surface area contributed by atoms with E-state index < -0.39 is 10.0 Å². The normalized spacial score (nSPS) is 19.1. The van der Waals surface area contributed by atoms with E-state index in [2.05, 4.69) is 30.6 Å². The Hall–Kier alpha value is -1.18. The van der Waals surface area contributed by atoms with Crippen molar-refractivity contribution in [3.63, 3.8) is 0 Å². The second kappa shape index (κ2) is 5.47. The summed E-state index contributed by atoms with van der Waals surface area (Å²) in [6.07, 6.45) is 4.55. The number of nitrogens with zero attached hydrogens (tertiary/aromatic N) is 2. The minimum atomic E-state index is -3.45. The van der Waals surface area contributed by atoms with Crippen LogP contribution in [0.3, 0.4) is 0 Å². The van der Waals surface area contributed by atoms with E-state index in [1.165, 1.54) is 11.3 Å². The first kappa shape index (κ1) is 15.7. The van der Waals surface area contributed by atoms with Crippen LogP contribution in [0.5, 0.6) is 0 Å². The Labute approximate surface area is 135 Å². The van der Waals surface area contributed by atoms with E-state index in [1.54, 1.807) is 17.5 Å². The van der Waals surface area contributed by atoms with Gasteiger partial charge in [0.2, 0.25) is 0 Å². The molecular weight excluding hydrogens is 318 g/mol. The van der Waals surface area contributed by atoms with Crippen LogP contribution in [0.4, 0.5) is 0 Å². The van der Waals surface area contributed by atoms with Gasteiger partial charge in [0.05, 0.1) is 17.8 Å². The number of hydrogen-bond acceptors (Lipinski definition) is 4. The van der Waals surface area contributed by atoms with Crippen molar-refractivity contribution in [2.24, 2.45) is 0 Å². The molecule has 2 aromatic heterocycles. The zero-order chi connectivity index (χ0) is 16.0. The Morgan fingerprint density at radius 3 is 2.82 bits per heavy atom. The van der Waals surface area contributed by atoms with Gasteiger partial charge in [-0.1, -0.05) is 6.07 Å². The fraction of sp³-hybridized carbons (Fsp3) is 0.533. The van der Waals surface area contributed by atoms with Gasteiger partial charge in [-0.05, 0) is 51.5 Å². The molecule has 5 nitrogen and oxygen atoms in total. The molecule has 0 spiro atoms. The lowest BCUT2D eigenvalue weighted by molar-refractivity contribution is 0.336. The predicted octanol–water partition coefficient (Wildman–Crippen LogP) is 3.06. The molecule has 2 heterocycles. The molecule has 0 bridgehead atoms. The number of thiophene rings is 1.